The fourth-order valence-electron chi connectivity index (χ4n) is 3.17. The first kappa shape index (κ1) is 18.7. The molecule has 5 unspecified atom stereocenters. The summed E-state index contributed by atoms with van der Waals surface area (Å²) in [5.74, 6) is -10.0. The predicted molar refractivity (Wildman–Crippen MR) is 76.7 cm³/mol. The molecular formula is C15H20O8. The molecule has 4 N–H and O–H groups in total. The Hall–Kier alpha value is -2.38. The third kappa shape index (κ3) is 3.20. The van der Waals surface area contributed by atoms with Crippen LogP contribution in [0.1, 0.15) is 27.2 Å². The van der Waals surface area contributed by atoms with Gasteiger partial charge >= 0.3 is 23.9 Å². The molecule has 1 rings (SSSR count). The maximum absolute atomic E-state index is 11.7. The molecule has 0 aromatic carbocycles. The fraction of sp³-hybridized carbons (Fsp3) is 0.600. The van der Waals surface area contributed by atoms with Crippen molar-refractivity contribution in [2.45, 2.75) is 27.2 Å². The van der Waals surface area contributed by atoms with Gasteiger partial charge in [0.15, 0.2) is 0 Å². The minimum Gasteiger partial charge on any atom is -0.481 e. The van der Waals surface area contributed by atoms with Crippen LogP contribution >= 0.6 is 0 Å². The van der Waals surface area contributed by atoms with E-state index in [1.165, 1.54) is 26.8 Å². The Kier molecular flexibility index (Phi) is 5.19. The van der Waals surface area contributed by atoms with Crippen LogP contribution in [0.25, 0.3) is 0 Å². The molecule has 0 heterocycles. The predicted octanol–water partition coefficient (Wildman–Crippen LogP) is 1.17. The maximum Gasteiger partial charge on any atom is 0.311 e. The van der Waals surface area contributed by atoms with Crippen molar-refractivity contribution in [3.05, 3.63) is 11.6 Å². The van der Waals surface area contributed by atoms with Gasteiger partial charge in [-0.05, 0) is 26.2 Å². The van der Waals surface area contributed by atoms with Crippen molar-refractivity contribution in [1.82, 2.24) is 0 Å². The number of hydrogen-bond donors (Lipinski definition) is 4. The van der Waals surface area contributed by atoms with E-state index in [0.717, 1.165) is 0 Å². The van der Waals surface area contributed by atoms with Crippen LogP contribution in [0.3, 0.4) is 0 Å². The Balaban J connectivity index is 3.41. The van der Waals surface area contributed by atoms with Gasteiger partial charge in [-0.3, -0.25) is 19.2 Å². The smallest absolute Gasteiger partial charge is 0.311 e. The van der Waals surface area contributed by atoms with Crippen LogP contribution in [0.5, 0.6) is 0 Å². The molecule has 128 valence electrons. The van der Waals surface area contributed by atoms with E-state index in [9.17, 15) is 39.6 Å². The van der Waals surface area contributed by atoms with Gasteiger partial charge in [0, 0.05) is 0 Å². The molecule has 0 bridgehead atoms. The lowest BCUT2D eigenvalue weighted by Gasteiger charge is -2.40. The summed E-state index contributed by atoms with van der Waals surface area (Å²) in [7, 11) is 0. The van der Waals surface area contributed by atoms with Gasteiger partial charge in [0.2, 0.25) is 0 Å². The van der Waals surface area contributed by atoms with E-state index in [4.69, 9.17) is 0 Å². The molecule has 0 saturated heterocycles. The zero-order valence-corrected chi connectivity index (χ0v) is 13.0. The molecule has 0 aromatic heterocycles. The Labute approximate surface area is 132 Å². The summed E-state index contributed by atoms with van der Waals surface area (Å²) in [6, 6.07) is 0. The molecule has 8 heteroatoms. The highest BCUT2D eigenvalue weighted by Gasteiger charge is 2.52. The molecule has 0 radical (unpaired) electrons. The molecular weight excluding hydrogens is 308 g/mol. The first-order valence-corrected chi connectivity index (χ1v) is 7.04. The van der Waals surface area contributed by atoms with E-state index in [1.807, 2.05) is 0 Å². The van der Waals surface area contributed by atoms with Crippen LogP contribution in [0.2, 0.25) is 0 Å². The molecule has 1 aliphatic carbocycles. The molecule has 0 saturated carbocycles. The van der Waals surface area contributed by atoms with Crippen molar-refractivity contribution in [2.24, 2.45) is 29.1 Å². The fourth-order valence-corrected chi connectivity index (χ4v) is 3.17. The van der Waals surface area contributed by atoms with Gasteiger partial charge in [-0.15, -0.1) is 0 Å². The summed E-state index contributed by atoms with van der Waals surface area (Å²) in [5, 5.41) is 37.2. The Bertz CT molecular complexity index is 578. The summed E-state index contributed by atoms with van der Waals surface area (Å²) in [6.45, 7) is 3.93. The minimum atomic E-state index is -1.75. The number of carboxylic acids is 4. The third-order valence-electron chi connectivity index (χ3n) is 4.95. The minimum absolute atomic E-state index is 0.228. The average Bonchev–Trinajstić information content (AvgIpc) is 2.43. The lowest BCUT2D eigenvalue weighted by molar-refractivity contribution is -0.166. The Morgan fingerprint density at radius 3 is 2.00 bits per heavy atom. The molecule has 23 heavy (non-hydrogen) atoms. The first-order chi connectivity index (χ1) is 10.4. The molecule has 0 spiro atoms. The topological polar surface area (TPSA) is 149 Å². The lowest BCUT2D eigenvalue weighted by atomic mass is 9.61. The van der Waals surface area contributed by atoms with Crippen LogP contribution in [-0.2, 0) is 19.2 Å². The second kappa shape index (κ2) is 6.39. The van der Waals surface area contributed by atoms with Crippen molar-refractivity contribution in [3.8, 4) is 0 Å². The third-order valence-corrected chi connectivity index (χ3v) is 4.95. The summed E-state index contributed by atoms with van der Waals surface area (Å²) in [4.78, 5) is 45.7. The number of carboxylic acid groups (broad SMARTS) is 4. The molecule has 1 aliphatic rings. The van der Waals surface area contributed by atoms with Gasteiger partial charge in [0.1, 0.15) is 0 Å². The van der Waals surface area contributed by atoms with Crippen LogP contribution in [0.4, 0.5) is 0 Å². The number of aliphatic carboxylic acids is 4. The van der Waals surface area contributed by atoms with Crippen molar-refractivity contribution in [1.29, 1.82) is 0 Å². The normalized spacial score (nSPS) is 28.1. The van der Waals surface area contributed by atoms with Crippen molar-refractivity contribution in [3.63, 3.8) is 0 Å². The maximum atomic E-state index is 11.7. The van der Waals surface area contributed by atoms with Crippen LogP contribution in [-0.4, -0.2) is 44.3 Å². The largest absolute Gasteiger partial charge is 0.481 e. The van der Waals surface area contributed by atoms with Gasteiger partial charge in [-0.2, -0.15) is 0 Å². The average molecular weight is 328 g/mol. The number of rotatable bonds is 6. The zero-order chi connectivity index (χ0) is 18.1. The zero-order valence-electron chi connectivity index (χ0n) is 13.0. The van der Waals surface area contributed by atoms with Crippen LogP contribution in [0, 0.1) is 29.1 Å². The second-order valence-corrected chi connectivity index (χ2v) is 6.16. The van der Waals surface area contributed by atoms with E-state index >= 15 is 0 Å². The van der Waals surface area contributed by atoms with E-state index < -0.39 is 53.0 Å². The van der Waals surface area contributed by atoms with Gasteiger partial charge in [-0.1, -0.05) is 18.6 Å². The molecule has 8 nitrogen and oxygen atoms in total. The van der Waals surface area contributed by atoms with Gasteiger partial charge in [0.25, 0.3) is 0 Å². The Morgan fingerprint density at radius 2 is 1.65 bits per heavy atom. The number of allylic oxidation sites excluding steroid dienone is 1. The quantitative estimate of drug-likeness (QED) is 0.531. The summed E-state index contributed by atoms with van der Waals surface area (Å²) >= 11 is 0. The van der Waals surface area contributed by atoms with Crippen molar-refractivity contribution in [2.75, 3.05) is 0 Å². The molecule has 0 amide bonds. The van der Waals surface area contributed by atoms with Gasteiger partial charge in [-0.25, -0.2) is 0 Å². The second-order valence-electron chi connectivity index (χ2n) is 6.16. The first-order valence-electron chi connectivity index (χ1n) is 7.04. The highest BCUT2D eigenvalue weighted by Crippen LogP contribution is 2.46. The molecule has 0 aromatic rings. The van der Waals surface area contributed by atoms with Crippen molar-refractivity contribution < 1.29 is 39.6 Å². The van der Waals surface area contributed by atoms with Gasteiger partial charge < -0.3 is 20.4 Å². The standard InChI is InChI=1S/C15H20O8/c1-6-4-8(5-9(12(18)19)10(6)13(20)21)15(3,14(22)23)7(2)11(16)17/h4,7-10H,5H2,1-3H3,(H,16,17)(H,18,19)(H,20,21)(H,22,23). The van der Waals surface area contributed by atoms with E-state index in [1.54, 1.807) is 0 Å². The summed E-state index contributed by atoms with van der Waals surface area (Å²) in [5.41, 5.74) is -1.52. The molecule has 0 fully saturated rings. The van der Waals surface area contributed by atoms with Gasteiger partial charge in [0.05, 0.1) is 23.2 Å². The van der Waals surface area contributed by atoms with Crippen molar-refractivity contribution >= 4 is 23.9 Å². The molecule has 5 atom stereocenters. The summed E-state index contributed by atoms with van der Waals surface area (Å²) in [6.07, 6.45) is 1.15. The van der Waals surface area contributed by atoms with E-state index in [2.05, 4.69) is 0 Å². The SMILES string of the molecule is CC1=CC(C(C)(C(=O)O)C(C)C(=O)O)CC(C(=O)O)C1C(=O)O. The Morgan fingerprint density at radius 1 is 1.13 bits per heavy atom. The van der Waals surface area contributed by atoms with Crippen LogP contribution < -0.4 is 0 Å². The molecule has 0 aliphatic heterocycles. The number of hydrogen-bond acceptors (Lipinski definition) is 4. The monoisotopic (exact) mass is 328 g/mol. The van der Waals surface area contributed by atoms with E-state index in [0.29, 0.717) is 0 Å². The lowest BCUT2D eigenvalue weighted by Crippen LogP contribution is -2.48. The van der Waals surface area contributed by atoms with E-state index in [-0.39, 0.29) is 12.0 Å². The van der Waals surface area contributed by atoms with Crippen LogP contribution in [0.15, 0.2) is 11.6 Å². The number of carbonyl (C=O) groups is 4. The summed E-state index contributed by atoms with van der Waals surface area (Å²) < 4.78 is 0. The highest BCUT2D eigenvalue weighted by atomic mass is 16.4. The highest BCUT2D eigenvalue weighted by molar-refractivity contribution is 5.85.